The number of hydrogen-bond donors (Lipinski definition) is 1. The molecule has 0 aliphatic rings. The Balaban J connectivity index is 0.00000196. The Kier molecular flexibility index (Phi) is 6.94. The van der Waals surface area contributed by atoms with Crippen LogP contribution in [0.25, 0.3) is 0 Å². The zero-order valence-electron chi connectivity index (χ0n) is 9.11. The predicted octanol–water partition coefficient (Wildman–Crippen LogP) is 2.54. The fourth-order valence-electron chi connectivity index (χ4n) is 1.26. The van der Waals surface area contributed by atoms with Crippen LogP contribution in [0.2, 0.25) is 5.02 Å². The minimum absolute atomic E-state index is 0. The van der Waals surface area contributed by atoms with Crippen LogP contribution >= 0.6 is 24.0 Å². The average Bonchev–Trinajstić information content (AvgIpc) is 2.16. The lowest BCUT2D eigenvalue weighted by molar-refractivity contribution is 0.255. The van der Waals surface area contributed by atoms with Crippen LogP contribution in [-0.4, -0.2) is 24.5 Å². The molecule has 0 fully saturated rings. The molecular weight excluding hydrogens is 231 g/mol. The van der Waals surface area contributed by atoms with Gasteiger partial charge in [-0.1, -0.05) is 23.7 Å². The molecule has 0 spiro atoms. The van der Waals surface area contributed by atoms with E-state index in [9.17, 15) is 0 Å². The quantitative estimate of drug-likeness (QED) is 0.888. The van der Waals surface area contributed by atoms with E-state index in [1.54, 1.807) is 0 Å². The summed E-state index contributed by atoms with van der Waals surface area (Å²) in [5.41, 5.74) is 6.81. The van der Waals surface area contributed by atoms with Crippen LogP contribution in [0.4, 0.5) is 0 Å². The van der Waals surface area contributed by atoms with Crippen molar-refractivity contribution in [3.05, 3.63) is 34.9 Å². The molecule has 0 aliphatic heterocycles. The third kappa shape index (κ3) is 4.85. The molecule has 1 rings (SSSR count). The number of benzene rings is 1. The van der Waals surface area contributed by atoms with Gasteiger partial charge in [-0.3, -0.25) is 4.90 Å². The minimum atomic E-state index is 0. The molecule has 0 aliphatic carbocycles. The first-order valence-electron chi connectivity index (χ1n) is 4.78. The second-order valence-corrected chi connectivity index (χ2v) is 4.07. The van der Waals surface area contributed by atoms with Gasteiger partial charge in [0.1, 0.15) is 0 Å². The van der Waals surface area contributed by atoms with E-state index in [4.69, 9.17) is 17.3 Å². The van der Waals surface area contributed by atoms with Crippen molar-refractivity contribution in [3.8, 4) is 0 Å². The van der Waals surface area contributed by atoms with Crippen LogP contribution in [0.15, 0.2) is 24.3 Å². The lowest BCUT2D eigenvalue weighted by Gasteiger charge is -2.23. The van der Waals surface area contributed by atoms with Crippen molar-refractivity contribution >= 4 is 24.0 Å². The molecule has 4 heteroatoms. The summed E-state index contributed by atoms with van der Waals surface area (Å²) in [7, 11) is 2.07. The molecule has 0 aromatic heterocycles. The fraction of sp³-hybridized carbons (Fsp3) is 0.455. The second kappa shape index (κ2) is 7.07. The Morgan fingerprint density at radius 3 is 2.67 bits per heavy atom. The van der Waals surface area contributed by atoms with Gasteiger partial charge in [-0.2, -0.15) is 0 Å². The molecule has 0 saturated heterocycles. The summed E-state index contributed by atoms with van der Waals surface area (Å²) in [6, 6.07) is 8.32. The van der Waals surface area contributed by atoms with Crippen LogP contribution in [0.1, 0.15) is 12.5 Å². The molecule has 1 atom stereocenters. The molecule has 0 radical (unpaired) electrons. The van der Waals surface area contributed by atoms with Gasteiger partial charge in [0.05, 0.1) is 0 Å². The van der Waals surface area contributed by atoms with Gasteiger partial charge in [0.15, 0.2) is 0 Å². The van der Waals surface area contributed by atoms with E-state index in [1.807, 2.05) is 18.2 Å². The van der Waals surface area contributed by atoms with E-state index in [-0.39, 0.29) is 12.4 Å². The molecule has 1 aromatic rings. The van der Waals surface area contributed by atoms with Gasteiger partial charge in [0.2, 0.25) is 0 Å². The molecule has 15 heavy (non-hydrogen) atoms. The largest absolute Gasteiger partial charge is 0.329 e. The van der Waals surface area contributed by atoms with E-state index >= 15 is 0 Å². The highest BCUT2D eigenvalue weighted by Gasteiger charge is 2.07. The maximum absolute atomic E-state index is 5.90. The predicted molar refractivity (Wildman–Crippen MR) is 68.7 cm³/mol. The van der Waals surface area contributed by atoms with Gasteiger partial charge in [0, 0.05) is 24.2 Å². The molecule has 1 aromatic carbocycles. The third-order valence-electron chi connectivity index (χ3n) is 2.41. The molecule has 86 valence electrons. The maximum atomic E-state index is 5.90. The number of nitrogens with two attached hydrogens (primary N) is 1. The van der Waals surface area contributed by atoms with Crippen molar-refractivity contribution in [2.24, 2.45) is 5.73 Å². The van der Waals surface area contributed by atoms with Crippen LogP contribution < -0.4 is 5.73 Å². The molecule has 0 bridgehead atoms. The van der Waals surface area contributed by atoms with E-state index in [1.165, 1.54) is 5.56 Å². The summed E-state index contributed by atoms with van der Waals surface area (Å²) < 4.78 is 0. The molecule has 2 nitrogen and oxygen atoms in total. The van der Waals surface area contributed by atoms with Gasteiger partial charge >= 0.3 is 0 Å². The Hall–Kier alpha value is -0.280. The number of nitrogens with zero attached hydrogens (tertiary/aromatic N) is 1. The molecular formula is C11H18Cl2N2. The highest BCUT2D eigenvalue weighted by Crippen LogP contribution is 2.12. The van der Waals surface area contributed by atoms with Gasteiger partial charge in [-0.05, 0) is 31.7 Å². The number of hydrogen-bond acceptors (Lipinski definition) is 2. The highest BCUT2D eigenvalue weighted by molar-refractivity contribution is 6.30. The lowest BCUT2D eigenvalue weighted by Crippen LogP contribution is -2.34. The van der Waals surface area contributed by atoms with Crippen LogP contribution in [0.3, 0.4) is 0 Å². The van der Waals surface area contributed by atoms with Gasteiger partial charge < -0.3 is 5.73 Å². The van der Waals surface area contributed by atoms with Crippen LogP contribution in [0, 0.1) is 0 Å². The molecule has 0 heterocycles. The van der Waals surface area contributed by atoms with Crippen LogP contribution in [-0.2, 0) is 6.54 Å². The van der Waals surface area contributed by atoms with Gasteiger partial charge in [-0.15, -0.1) is 12.4 Å². The first kappa shape index (κ1) is 14.7. The molecule has 0 saturated carbocycles. The lowest BCUT2D eigenvalue weighted by atomic mass is 10.2. The maximum Gasteiger partial charge on any atom is 0.0409 e. The Morgan fingerprint density at radius 1 is 1.47 bits per heavy atom. The van der Waals surface area contributed by atoms with Crippen molar-refractivity contribution in [1.29, 1.82) is 0 Å². The summed E-state index contributed by atoms with van der Waals surface area (Å²) in [6.07, 6.45) is 0. The van der Waals surface area contributed by atoms with E-state index < -0.39 is 0 Å². The van der Waals surface area contributed by atoms with Crippen molar-refractivity contribution in [1.82, 2.24) is 4.90 Å². The minimum Gasteiger partial charge on any atom is -0.329 e. The fourth-order valence-corrected chi connectivity index (χ4v) is 1.47. The van der Waals surface area contributed by atoms with Crippen LogP contribution in [0.5, 0.6) is 0 Å². The summed E-state index contributed by atoms with van der Waals surface area (Å²) in [4.78, 5) is 2.21. The van der Waals surface area contributed by atoms with Crippen molar-refractivity contribution in [3.63, 3.8) is 0 Å². The normalized spacial score (nSPS) is 12.3. The first-order valence-corrected chi connectivity index (χ1v) is 5.16. The standard InChI is InChI=1S/C11H17ClN2.ClH/c1-9(7-13)14(2)8-10-4-3-5-11(12)6-10;/h3-6,9H,7-8,13H2,1-2H3;1H. The average molecular weight is 249 g/mol. The Bertz CT molecular complexity index is 292. The molecule has 1 unspecified atom stereocenters. The SMILES string of the molecule is CC(CN)N(C)Cc1cccc(Cl)c1.Cl. The zero-order valence-corrected chi connectivity index (χ0v) is 10.7. The smallest absolute Gasteiger partial charge is 0.0409 e. The summed E-state index contributed by atoms with van der Waals surface area (Å²) in [5.74, 6) is 0. The Morgan fingerprint density at radius 2 is 2.13 bits per heavy atom. The Labute approximate surface area is 103 Å². The number of rotatable bonds is 4. The van der Waals surface area contributed by atoms with E-state index in [0.717, 1.165) is 11.6 Å². The second-order valence-electron chi connectivity index (χ2n) is 3.63. The van der Waals surface area contributed by atoms with Gasteiger partial charge in [-0.25, -0.2) is 0 Å². The van der Waals surface area contributed by atoms with E-state index in [0.29, 0.717) is 12.6 Å². The first-order chi connectivity index (χ1) is 6.63. The number of likely N-dealkylation sites (N-methyl/N-ethyl adjacent to an activating group) is 1. The van der Waals surface area contributed by atoms with Crippen molar-refractivity contribution in [2.45, 2.75) is 19.5 Å². The van der Waals surface area contributed by atoms with E-state index in [2.05, 4.69) is 24.9 Å². The molecule has 0 amide bonds. The summed E-state index contributed by atoms with van der Waals surface area (Å²) >= 11 is 5.90. The van der Waals surface area contributed by atoms with Crippen molar-refractivity contribution in [2.75, 3.05) is 13.6 Å². The molecule has 2 N–H and O–H groups in total. The summed E-state index contributed by atoms with van der Waals surface area (Å²) in [5, 5.41) is 0.788. The summed E-state index contributed by atoms with van der Waals surface area (Å²) in [6.45, 7) is 3.68. The number of halogens is 2. The topological polar surface area (TPSA) is 29.3 Å². The van der Waals surface area contributed by atoms with Gasteiger partial charge in [0.25, 0.3) is 0 Å². The monoisotopic (exact) mass is 248 g/mol. The third-order valence-corrected chi connectivity index (χ3v) is 2.65. The van der Waals surface area contributed by atoms with Crippen molar-refractivity contribution < 1.29 is 0 Å². The highest BCUT2D eigenvalue weighted by atomic mass is 35.5. The zero-order chi connectivity index (χ0) is 10.6.